The van der Waals surface area contributed by atoms with E-state index in [1.54, 1.807) is 0 Å². The molecule has 4 aromatic rings. The maximum Gasteiger partial charge on any atom is 0.0907 e. The maximum atomic E-state index is 5.45. The summed E-state index contributed by atoms with van der Waals surface area (Å²) in [7, 11) is 0. The smallest absolute Gasteiger partial charge is 0.0907 e. The van der Waals surface area contributed by atoms with Crippen molar-refractivity contribution in [3.05, 3.63) is 83.4 Å². The van der Waals surface area contributed by atoms with E-state index in [1.807, 2.05) is 18.3 Å². The number of hydrogen-bond acceptors (Lipinski definition) is 4. The first kappa shape index (κ1) is 19.5. The third kappa shape index (κ3) is 3.97. The van der Waals surface area contributed by atoms with Crippen LogP contribution in [-0.4, -0.2) is 40.8 Å². The topological polar surface area (TPSA) is 43.2 Å². The summed E-state index contributed by atoms with van der Waals surface area (Å²) in [5.41, 5.74) is 8.66. The van der Waals surface area contributed by atoms with E-state index in [1.165, 1.54) is 28.3 Å². The summed E-state index contributed by atoms with van der Waals surface area (Å²) in [6.45, 7) is 7.68. The van der Waals surface area contributed by atoms with Crippen LogP contribution < -0.4 is 4.90 Å². The molecule has 1 fully saturated rings. The summed E-state index contributed by atoms with van der Waals surface area (Å²) < 4.78 is 7.73. The molecule has 0 bridgehead atoms. The van der Waals surface area contributed by atoms with Gasteiger partial charge in [0.15, 0.2) is 0 Å². The van der Waals surface area contributed by atoms with Crippen LogP contribution in [0.25, 0.3) is 28.9 Å². The van der Waals surface area contributed by atoms with Crippen molar-refractivity contribution in [3.8, 4) is 5.69 Å². The van der Waals surface area contributed by atoms with E-state index in [4.69, 9.17) is 9.72 Å². The molecule has 1 saturated heterocycles. The van der Waals surface area contributed by atoms with Crippen LogP contribution in [0.15, 0.2) is 60.8 Å². The van der Waals surface area contributed by atoms with Crippen molar-refractivity contribution >= 4 is 28.9 Å². The largest absolute Gasteiger partial charge is 0.378 e. The normalized spacial score (nSPS) is 14.6. The fourth-order valence-corrected chi connectivity index (χ4v) is 4.22. The average molecular weight is 411 g/mol. The number of aryl methyl sites for hydroxylation is 1. The Morgan fingerprint density at radius 2 is 1.68 bits per heavy atom. The molecule has 1 aliphatic rings. The first-order valence-electron chi connectivity index (χ1n) is 10.7. The monoisotopic (exact) mass is 410 g/mol. The number of para-hydroxylation sites is 1. The Labute approximate surface area is 182 Å². The van der Waals surface area contributed by atoms with E-state index >= 15 is 0 Å². The van der Waals surface area contributed by atoms with Gasteiger partial charge in [-0.05, 0) is 61.9 Å². The Morgan fingerprint density at radius 1 is 0.871 bits per heavy atom. The Kier molecular flexibility index (Phi) is 5.26. The van der Waals surface area contributed by atoms with E-state index in [0.717, 1.165) is 43.0 Å². The van der Waals surface area contributed by atoms with Gasteiger partial charge >= 0.3 is 0 Å². The molecule has 0 aliphatic carbocycles. The van der Waals surface area contributed by atoms with Crippen LogP contribution in [-0.2, 0) is 4.74 Å². The summed E-state index contributed by atoms with van der Waals surface area (Å²) in [4.78, 5) is 11.8. The molecule has 5 heteroatoms. The molecule has 0 radical (unpaired) electrons. The van der Waals surface area contributed by atoms with Crippen molar-refractivity contribution in [2.24, 2.45) is 0 Å². The van der Waals surface area contributed by atoms with E-state index < -0.39 is 0 Å². The van der Waals surface area contributed by atoms with Crippen LogP contribution in [0.2, 0.25) is 0 Å². The van der Waals surface area contributed by atoms with Gasteiger partial charge < -0.3 is 14.2 Å². The highest BCUT2D eigenvalue weighted by molar-refractivity contribution is 5.80. The highest BCUT2D eigenvalue weighted by Crippen LogP contribution is 2.24. The zero-order valence-electron chi connectivity index (χ0n) is 18.0. The lowest BCUT2D eigenvalue weighted by Gasteiger charge is -2.28. The number of nitrogens with zero attached hydrogens (tertiary/aromatic N) is 4. The molecule has 1 aliphatic heterocycles. The minimum Gasteiger partial charge on any atom is -0.378 e. The summed E-state index contributed by atoms with van der Waals surface area (Å²) in [5.74, 6) is 0. The number of morpholine rings is 1. The van der Waals surface area contributed by atoms with Crippen LogP contribution in [0.1, 0.15) is 22.6 Å². The summed E-state index contributed by atoms with van der Waals surface area (Å²) in [6, 6.07) is 19.0. The lowest BCUT2D eigenvalue weighted by Crippen LogP contribution is -2.36. The second kappa shape index (κ2) is 8.36. The lowest BCUT2D eigenvalue weighted by molar-refractivity contribution is 0.122. The number of aromatic nitrogens is 3. The molecule has 0 spiro atoms. The lowest BCUT2D eigenvalue weighted by atomic mass is 10.2. The Hall–Kier alpha value is -3.44. The van der Waals surface area contributed by atoms with Crippen LogP contribution in [0.5, 0.6) is 0 Å². The third-order valence-electron chi connectivity index (χ3n) is 5.84. The molecule has 0 N–H and O–H groups in total. The van der Waals surface area contributed by atoms with Crippen LogP contribution >= 0.6 is 0 Å². The molecular formula is C26H26N4O. The number of anilines is 1. The van der Waals surface area contributed by atoms with Gasteiger partial charge in [-0.15, -0.1) is 0 Å². The van der Waals surface area contributed by atoms with E-state index in [9.17, 15) is 0 Å². The number of rotatable bonds is 4. The van der Waals surface area contributed by atoms with E-state index in [-0.39, 0.29) is 0 Å². The SMILES string of the molecule is Cc1cc(/C=C/c2cnc3cc(N4CCOCC4)ccc3n2)c(C)n1-c1ccccc1. The fraction of sp³-hybridized carbons (Fsp3) is 0.231. The zero-order chi connectivity index (χ0) is 21.2. The number of benzene rings is 2. The number of hydrogen-bond donors (Lipinski definition) is 0. The van der Waals surface area contributed by atoms with Gasteiger partial charge in [0.2, 0.25) is 0 Å². The van der Waals surface area contributed by atoms with Gasteiger partial charge in [-0.3, -0.25) is 4.98 Å². The van der Waals surface area contributed by atoms with Gasteiger partial charge in [0, 0.05) is 35.9 Å². The molecule has 0 amide bonds. The quantitative estimate of drug-likeness (QED) is 0.473. The minimum absolute atomic E-state index is 0.776. The van der Waals surface area contributed by atoms with Gasteiger partial charge in [-0.25, -0.2) is 4.98 Å². The van der Waals surface area contributed by atoms with Crippen molar-refractivity contribution < 1.29 is 4.74 Å². The van der Waals surface area contributed by atoms with Gasteiger partial charge in [0.05, 0.1) is 36.1 Å². The Balaban J connectivity index is 1.40. The van der Waals surface area contributed by atoms with Gasteiger partial charge in [0.25, 0.3) is 0 Å². The van der Waals surface area contributed by atoms with E-state index in [0.29, 0.717) is 0 Å². The molecule has 31 heavy (non-hydrogen) atoms. The first-order valence-corrected chi connectivity index (χ1v) is 10.7. The Bertz CT molecular complexity index is 1240. The summed E-state index contributed by atoms with van der Waals surface area (Å²) in [5, 5.41) is 0. The van der Waals surface area contributed by atoms with Crippen molar-refractivity contribution in [3.63, 3.8) is 0 Å². The summed E-state index contributed by atoms with van der Waals surface area (Å²) >= 11 is 0. The molecule has 156 valence electrons. The number of fused-ring (bicyclic) bond motifs is 1. The zero-order valence-corrected chi connectivity index (χ0v) is 18.0. The molecule has 0 atom stereocenters. The highest BCUT2D eigenvalue weighted by atomic mass is 16.5. The molecule has 5 nitrogen and oxygen atoms in total. The predicted octanol–water partition coefficient (Wildman–Crippen LogP) is 5.04. The molecule has 3 heterocycles. The van der Waals surface area contributed by atoms with Crippen LogP contribution in [0.3, 0.4) is 0 Å². The maximum absolute atomic E-state index is 5.45. The first-order chi connectivity index (χ1) is 15.2. The van der Waals surface area contributed by atoms with Crippen molar-refractivity contribution in [2.75, 3.05) is 31.2 Å². The van der Waals surface area contributed by atoms with Crippen LogP contribution in [0.4, 0.5) is 5.69 Å². The van der Waals surface area contributed by atoms with Gasteiger partial charge in [-0.2, -0.15) is 0 Å². The molecule has 0 unspecified atom stereocenters. The number of ether oxygens (including phenoxy) is 1. The average Bonchev–Trinajstić information content (AvgIpc) is 3.11. The van der Waals surface area contributed by atoms with Crippen molar-refractivity contribution in [1.82, 2.24) is 14.5 Å². The third-order valence-corrected chi connectivity index (χ3v) is 5.84. The fourth-order valence-electron chi connectivity index (χ4n) is 4.22. The van der Waals surface area contributed by atoms with Crippen LogP contribution in [0, 0.1) is 13.8 Å². The standard InChI is InChI=1S/C26H26N4O/c1-19-16-21(20(2)30(19)23-6-4-3-5-7-23)8-9-22-18-27-26-17-24(10-11-25(26)28-22)29-12-14-31-15-13-29/h3-11,16-18H,12-15H2,1-2H3/b9-8+. The molecule has 2 aromatic heterocycles. The minimum atomic E-state index is 0.776. The predicted molar refractivity (Wildman–Crippen MR) is 127 cm³/mol. The Morgan fingerprint density at radius 3 is 2.48 bits per heavy atom. The molecule has 0 saturated carbocycles. The molecule has 5 rings (SSSR count). The highest BCUT2D eigenvalue weighted by Gasteiger charge is 2.12. The van der Waals surface area contributed by atoms with E-state index in [2.05, 4.69) is 82.9 Å². The molecular weight excluding hydrogens is 384 g/mol. The van der Waals surface area contributed by atoms with Crippen molar-refractivity contribution in [1.29, 1.82) is 0 Å². The van der Waals surface area contributed by atoms with Gasteiger partial charge in [-0.1, -0.05) is 24.3 Å². The molecule has 2 aromatic carbocycles. The second-order valence-electron chi connectivity index (χ2n) is 7.90. The van der Waals surface area contributed by atoms with Gasteiger partial charge in [0.1, 0.15) is 0 Å². The summed E-state index contributed by atoms with van der Waals surface area (Å²) in [6.07, 6.45) is 6.01. The van der Waals surface area contributed by atoms with Crippen molar-refractivity contribution in [2.45, 2.75) is 13.8 Å². The second-order valence-corrected chi connectivity index (χ2v) is 7.90.